The summed E-state index contributed by atoms with van der Waals surface area (Å²) in [6.07, 6.45) is 3.40. The maximum absolute atomic E-state index is 11.5. The number of hydrogen-bond acceptors (Lipinski definition) is 3. The van der Waals surface area contributed by atoms with E-state index < -0.39 is 5.60 Å². The Morgan fingerprint density at radius 2 is 2.53 bits per heavy atom. The van der Waals surface area contributed by atoms with Crippen molar-refractivity contribution in [3.63, 3.8) is 0 Å². The molecule has 1 aliphatic heterocycles. The number of nitrogens with zero attached hydrogens (tertiary/aromatic N) is 1. The van der Waals surface area contributed by atoms with Crippen LogP contribution in [0.1, 0.15) is 31.2 Å². The maximum atomic E-state index is 11.5. The second-order valence-electron chi connectivity index (χ2n) is 3.90. The molecule has 1 aromatic heterocycles. The van der Waals surface area contributed by atoms with Crippen LogP contribution in [-0.4, -0.2) is 16.6 Å². The van der Waals surface area contributed by atoms with Gasteiger partial charge in [0.25, 0.3) is 5.56 Å². The fourth-order valence-corrected chi connectivity index (χ4v) is 1.94. The van der Waals surface area contributed by atoms with Crippen molar-refractivity contribution >= 4 is 11.6 Å². The summed E-state index contributed by atoms with van der Waals surface area (Å²) in [5.41, 5.74) is -0.127. The van der Waals surface area contributed by atoms with Crippen LogP contribution in [0, 0.1) is 0 Å². The lowest BCUT2D eigenvalue weighted by Gasteiger charge is -2.21. The van der Waals surface area contributed by atoms with Gasteiger partial charge in [0, 0.05) is 12.8 Å². The molecule has 0 radical (unpaired) electrons. The zero-order valence-corrected chi connectivity index (χ0v) is 9.30. The smallest absolute Gasteiger partial charge is 0.255 e. The Hall–Kier alpha value is -0.870. The molecule has 0 saturated carbocycles. The monoisotopic (exact) mass is 228 g/mol. The quantitative estimate of drug-likeness (QED) is 0.782. The summed E-state index contributed by atoms with van der Waals surface area (Å²) in [4.78, 5) is 18.5. The van der Waals surface area contributed by atoms with E-state index in [9.17, 15) is 4.79 Å². The third-order valence-electron chi connectivity index (χ3n) is 2.74. The number of H-pyrrole nitrogens is 1. The normalized spacial score (nSPS) is 25.7. The van der Waals surface area contributed by atoms with Crippen LogP contribution in [0.15, 0.2) is 11.0 Å². The first-order valence-electron chi connectivity index (χ1n) is 4.94. The number of nitrogens with one attached hydrogen (secondary N) is 1. The van der Waals surface area contributed by atoms with Gasteiger partial charge in [0.1, 0.15) is 11.4 Å². The summed E-state index contributed by atoms with van der Waals surface area (Å²) in [6, 6.07) is 0. The van der Waals surface area contributed by atoms with Crippen LogP contribution < -0.4 is 5.56 Å². The van der Waals surface area contributed by atoms with Gasteiger partial charge in [-0.1, -0.05) is 0 Å². The molecule has 1 saturated heterocycles. The first-order valence-corrected chi connectivity index (χ1v) is 5.48. The van der Waals surface area contributed by atoms with Gasteiger partial charge in [-0.05, 0) is 19.8 Å². The predicted molar refractivity (Wildman–Crippen MR) is 57.0 cm³/mol. The highest BCUT2D eigenvalue weighted by Crippen LogP contribution is 2.32. The topological polar surface area (TPSA) is 55.0 Å². The van der Waals surface area contributed by atoms with E-state index in [0.29, 0.717) is 11.4 Å². The Morgan fingerprint density at radius 1 is 1.73 bits per heavy atom. The fraction of sp³-hybridized carbons (Fsp3) is 0.600. The lowest BCUT2D eigenvalue weighted by atomic mass is 10.0. The molecule has 5 heteroatoms. The first kappa shape index (κ1) is 10.6. The minimum atomic E-state index is -0.440. The van der Waals surface area contributed by atoms with Crippen molar-refractivity contribution in [1.29, 1.82) is 0 Å². The lowest BCUT2D eigenvalue weighted by molar-refractivity contribution is 0.00909. The number of aromatic nitrogens is 2. The van der Waals surface area contributed by atoms with Gasteiger partial charge in [-0.3, -0.25) is 4.79 Å². The molecule has 0 amide bonds. The van der Waals surface area contributed by atoms with Crippen LogP contribution in [0.5, 0.6) is 0 Å². The average Bonchev–Trinajstić information content (AvgIpc) is 2.66. The van der Waals surface area contributed by atoms with Gasteiger partial charge >= 0.3 is 0 Å². The van der Waals surface area contributed by atoms with Crippen molar-refractivity contribution in [3.8, 4) is 0 Å². The second-order valence-corrected chi connectivity index (χ2v) is 4.17. The van der Waals surface area contributed by atoms with Crippen molar-refractivity contribution in [2.24, 2.45) is 0 Å². The molecule has 0 aliphatic carbocycles. The molecule has 0 spiro atoms. The van der Waals surface area contributed by atoms with Crippen LogP contribution in [-0.2, 0) is 16.2 Å². The van der Waals surface area contributed by atoms with E-state index in [-0.39, 0.29) is 11.4 Å². The Balaban J connectivity index is 2.37. The summed E-state index contributed by atoms with van der Waals surface area (Å²) in [5, 5.41) is 0. The number of hydrogen-bond donors (Lipinski definition) is 1. The number of halogens is 1. The minimum Gasteiger partial charge on any atom is -0.367 e. The molecule has 1 aromatic rings. The van der Waals surface area contributed by atoms with Gasteiger partial charge in [-0.2, -0.15) is 0 Å². The standard InChI is InChI=1S/C10H13ClN2O2/c1-10(3-2-4-15-10)9-12-6-7(5-11)8(14)13-9/h6H,2-5H2,1H3,(H,12,13,14). The molecular weight excluding hydrogens is 216 g/mol. The molecule has 1 fully saturated rings. The first-order chi connectivity index (χ1) is 7.15. The van der Waals surface area contributed by atoms with Crippen molar-refractivity contribution in [3.05, 3.63) is 27.9 Å². The van der Waals surface area contributed by atoms with E-state index in [0.717, 1.165) is 19.4 Å². The molecule has 4 nitrogen and oxygen atoms in total. The molecule has 0 bridgehead atoms. The number of rotatable bonds is 2. The second kappa shape index (κ2) is 3.94. The molecule has 1 atom stereocenters. The molecule has 1 aliphatic rings. The summed E-state index contributed by atoms with van der Waals surface area (Å²) >= 11 is 5.59. The Morgan fingerprint density at radius 3 is 3.07 bits per heavy atom. The van der Waals surface area contributed by atoms with Crippen molar-refractivity contribution in [2.75, 3.05) is 6.61 Å². The molecular formula is C10H13ClN2O2. The van der Waals surface area contributed by atoms with E-state index in [4.69, 9.17) is 16.3 Å². The van der Waals surface area contributed by atoms with Crippen LogP contribution in [0.2, 0.25) is 0 Å². The predicted octanol–water partition coefficient (Wildman–Crippen LogP) is 1.53. The maximum Gasteiger partial charge on any atom is 0.255 e. The fourth-order valence-electron chi connectivity index (χ4n) is 1.75. The molecule has 1 unspecified atom stereocenters. The number of alkyl halides is 1. The number of ether oxygens (including phenoxy) is 1. The summed E-state index contributed by atoms with van der Waals surface area (Å²) in [7, 11) is 0. The van der Waals surface area contributed by atoms with Crippen LogP contribution in [0.3, 0.4) is 0 Å². The Labute approximate surface area is 92.6 Å². The van der Waals surface area contributed by atoms with Gasteiger partial charge in [0.2, 0.25) is 0 Å². The highest BCUT2D eigenvalue weighted by molar-refractivity contribution is 6.17. The zero-order valence-electron chi connectivity index (χ0n) is 8.55. The van der Waals surface area contributed by atoms with Gasteiger partial charge in [0.05, 0.1) is 11.4 Å². The average molecular weight is 229 g/mol. The van der Waals surface area contributed by atoms with Crippen molar-refractivity contribution in [1.82, 2.24) is 9.97 Å². The molecule has 15 heavy (non-hydrogen) atoms. The van der Waals surface area contributed by atoms with Gasteiger partial charge in [-0.15, -0.1) is 11.6 Å². The largest absolute Gasteiger partial charge is 0.367 e. The van der Waals surface area contributed by atoms with Crippen LogP contribution in [0.25, 0.3) is 0 Å². The third-order valence-corrected chi connectivity index (χ3v) is 3.02. The molecule has 2 rings (SSSR count). The minimum absolute atomic E-state index is 0.174. The van der Waals surface area contributed by atoms with Crippen LogP contribution in [0.4, 0.5) is 0 Å². The SMILES string of the molecule is CC1(c2ncc(CCl)c(=O)[nH]2)CCCO1. The molecule has 2 heterocycles. The van der Waals surface area contributed by atoms with E-state index >= 15 is 0 Å². The Kier molecular flexibility index (Phi) is 2.80. The van der Waals surface area contributed by atoms with Crippen molar-refractivity contribution < 1.29 is 4.74 Å². The number of aromatic amines is 1. The molecule has 82 valence electrons. The highest BCUT2D eigenvalue weighted by atomic mass is 35.5. The van der Waals surface area contributed by atoms with Gasteiger partial charge < -0.3 is 9.72 Å². The summed E-state index contributed by atoms with van der Waals surface area (Å²) < 4.78 is 5.59. The van der Waals surface area contributed by atoms with Crippen molar-refractivity contribution in [2.45, 2.75) is 31.2 Å². The molecule has 1 N–H and O–H groups in total. The lowest BCUT2D eigenvalue weighted by Crippen LogP contribution is -2.27. The molecule has 0 aromatic carbocycles. The van der Waals surface area contributed by atoms with E-state index in [2.05, 4.69) is 9.97 Å². The third kappa shape index (κ3) is 1.92. The summed E-state index contributed by atoms with van der Waals surface area (Å²) in [6.45, 7) is 2.66. The Bertz CT molecular complexity index is 410. The van der Waals surface area contributed by atoms with Gasteiger partial charge in [0.15, 0.2) is 0 Å². The van der Waals surface area contributed by atoms with E-state index in [1.165, 1.54) is 6.20 Å². The van der Waals surface area contributed by atoms with E-state index in [1.807, 2.05) is 6.92 Å². The van der Waals surface area contributed by atoms with Gasteiger partial charge in [-0.25, -0.2) is 4.98 Å². The highest BCUT2D eigenvalue weighted by Gasteiger charge is 2.34. The summed E-state index contributed by atoms with van der Waals surface area (Å²) in [5.74, 6) is 0.777. The zero-order chi connectivity index (χ0) is 10.9. The van der Waals surface area contributed by atoms with E-state index in [1.54, 1.807) is 0 Å². The van der Waals surface area contributed by atoms with Crippen LogP contribution >= 0.6 is 11.6 Å².